The van der Waals surface area contributed by atoms with Gasteiger partial charge < -0.3 is 19.5 Å². The molecule has 144 valence electrons. The molecule has 1 aromatic rings. The van der Waals surface area contributed by atoms with Crippen molar-refractivity contribution in [2.45, 2.75) is 32.4 Å². The maximum atomic E-state index is 12.4. The van der Waals surface area contributed by atoms with Crippen molar-refractivity contribution in [2.24, 2.45) is 5.92 Å². The third-order valence-corrected chi connectivity index (χ3v) is 5.19. The predicted molar refractivity (Wildman–Crippen MR) is 99.0 cm³/mol. The lowest BCUT2D eigenvalue weighted by Crippen LogP contribution is -2.40. The molecule has 2 aliphatic heterocycles. The summed E-state index contributed by atoms with van der Waals surface area (Å²) in [6, 6.07) is 7.82. The average molecular weight is 362 g/mol. The minimum Gasteiger partial charge on any atom is -0.483 e. The molecular weight excluding hydrogens is 332 g/mol. The fraction of sp³-hybridized carbons (Fsp3) is 0.650. The van der Waals surface area contributed by atoms with Crippen molar-refractivity contribution >= 4 is 5.91 Å². The first-order valence-electron chi connectivity index (χ1n) is 9.58. The van der Waals surface area contributed by atoms with E-state index in [1.807, 2.05) is 29.2 Å². The minimum atomic E-state index is -0.464. The topological polar surface area (TPSA) is 62.2 Å². The summed E-state index contributed by atoms with van der Waals surface area (Å²) in [5.41, 5.74) is 1.03. The second-order valence-corrected chi connectivity index (χ2v) is 7.42. The number of carbonyl (C=O) groups is 1. The van der Waals surface area contributed by atoms with Crippen LogP contribution in [-0.2, 0) is 16.1 Å². The molecule has 1 aromatic carbocycles. The van der Waals surface area contributed by atoms with Gasteiger partial charge >= 0.3 is 0 Å². The summed E-state index contributed by atoms with van der Waals surface area (Å²) < 4.78 is 11.3. The monoisotopic (exact) mass is 362 g/mol. The van der Waals surface area contributed by atoms with E-state index in [-0.39, 0.29) is 12.5 Å². The van der Waals surface area contributed by atoms with Gasteiger partial charge in [0.05, 0.1) is 19.3 Å². The van der Waals surface area contributed by atoms with Gasteiger partial charge in [-0.15, -0.1) is 0 Å². The summed E-state index contributed by atoms with van der Waals surface area (Å²) in [6.07, 6.45) is 1.68. The predicted octanol–water partition coefficient (Wildman–Crippen LogP) is 1.52. The van der Waals surface area contributed by atoms with Gasteiger partial charge in [0, 0.05) is 38.3 Å². The largest absolute Gasteiger partial charge is 0.483 e. The zero-order valence-electron chi connectivity index (χ0n) is 15.6. The molecule has 6 nitrogen and oxygen atoms in total. The van der Waals surface area contributed by atoms with Crippen LogP contribution in [0.4, 0.5) is 0 Å². The maximum absolute atomic E-state index is 12.4. The third kappa shape index (κ3) is 5.43. The van der Waals surface area contributed by atoms with Crippen LogP contribution in [0.25, 0.3) is 0 Å². The molecule has 2 saturated heterocycles. The van der Waals surface area contributed by atoms with Crippen LogP contribution in [0.15, 0.2) is 24.3 Å². The van der Waals surface area contributed by atoms with Gasteiger partial charge in [0.1, 0.15) is 5.75 Å². The number of para-hydroxylation sites is 1. The summed E-state index contributed by atoms with van der Waals surface area (Å²) in [6.45, 7) is 7.01. The van der Waals surface area contributed by atoms with Gasteiger partial charge in [-0.05, 0) is 24.8 Å². The molecule has 2 heterocycles. The van der Waals surface area contributed by atoms with Crippen LogP contribution in [0.2, 0.25) is 0 Å². The summed E-state index contributed by atoms with van der Waals surface area (Å²) in [5.74, 6) is 1.50. The maximum Gasteiger partial charge on any atom is 0.260 e. The number of piperidine rings is 1. The fourth-order valence-corrected chi connectivity index (χ4v) is 3.50. The van der Waals surface area contributed by atoms with E-state index in [4.69, 9.17) is 9.47 Å². The molecule has 0 aliphatic carbocycles. The summed E-state index contributed by atoms with van der Waals surface area (Å²) in [4.78, 5) is 16.5. The van der Waals surface area contributed by atoms with E-state index in [1.165, 1.54) is 0 Å². The van der Waals surface area contributed by atoms with Crippen molar-refractivity contribution in [1.82, 2.24) is 9.80 Å². The van der Waals surface area contributed by atoms with Gasteiger partial charge in [0.15, 0.2) is 6.61 Å². The first kappa shape index (κ1) is 19.1. The van der Waals surface area contributed by atoms with Gasteiger partial charge in [0.25, 0.3) is 5.91 Å². The highest BCUT2D eigenvalue weighted by Crippen LogP contribution is 2.21. The number of amides is 1. The molecule has 0 spiro atoms. The van der Waals surface area contributed by atoms with Gasteiger partial charge in [0.2, 0.25) is 0 Å². The lowest BCUT2D eigenvalue weighted by molar-refractivity contribution is -0.134. The number of aliphatic hydroxyl groups excluding tert-OH is 1. The van der Waals surface area contributed by atoms with E-state index >= 15 is 0 Å². The fourth-order valence-electron chi connectivity index (χ4n) is 3.50. The van der Waals surface area contributed by atoms with Crippen molar-refractivity contribution in [3.8, 4) is 5.75 Å². The summed E-state index contributed by atoms with van der Waals surface area (Å²) in [7, 11) is 0. The zero-order valence-corrected chi connectivity index (χ0v) is 15.6. The quantitative estimate of drug-likeness (QED) is 0.860. The van der Waals surface area contributed by atoms with Gasteiger partial charge in [-0.3, -0.25) is 9.69 Å². The highest BCUT2D eigenvalue weighted by Gasteiger charge is 2.21. The van der Waals surface area contributed by atoms with Crippen LogP contribution in [0, 0.1) is 5.92 Å². The normalized spacial score (nSPS) is 22.8. The van der Waals surface area contributed by atoms with Crippen LogP contribution in [-0.4, -0.2) is 72.9 Å². The highest BCUT2D eigenvalue weighted by molar-refractivity contribution is 5.77. The summed E-state index contributed by atoms with van der Waals surface area (Å²) >= 11 is 0. The molecule has 0 bridgehead atoms. The number of β-amino-alcohol motifs (C(OH)–C–C–N with tert-alkyl or cyclic N) is 1. The van der Waals surface area contributed by atoms with E-state index in [1.54, 1.807) is 0 Å². The molecule has 1 amide bonds. The number of likely N-dealkylation sites (tertiary alicyclic amines) is 1. The van der Waals surface area contributed by atoms with Crippen molar-refractivity contribution in [1.29, 1.82) is 0 Å². The highest BCUT2D eigenvalue weighted by atomic mass is 16.5. The Morgan fingerprint density at radius 1 is 1.27 bits per heavy atom. The van der Waals surface area contributed by atoms with E-state index in [9.17, 15) is 9.90 Å². The smallest absolute Gasteiger partial charge is 0.260 e. The van der Waals surface area contributed by atoms with Crippen LogP contribution in [0.3, 0.4) is 0 Å². The second-order valence-electron chi connectivity index (χ2n) is 7.42. The van der Waals surface area contributed by atoms with E-state index in [0.29, 0.717) is 32.2 Å². The summed E-state index contributed by atoms with van der Waals surface area (Å²) in [5, 5.41) is 9.90. The minimum absolute atomic E-state index is 0.0605. The Hall–Kier alpha value is -1.63. The molecule has 3 rings (SSSR count). The Balaban J connectivity index is 1.56. The van der Waals surface area contributed by atoms with Gasteiger partial charge in [-0.1, -0.05) is 25.1 Å². The third-order valence-electron chi connectivity index (χ3n) is 5.19. The van der Waals surface area contributed by atoms with Gasteiger partial charge in [-0.2, -0.15) is 0 Å². The second kappa shape index (κ2) is 9.35. The Kier molecular flexibility index (Phi) is 6.88. The molecule has 1 N–H and O–H groups in total. The first-order chi connectivity index (χ1) is 12.6. The standard InChI is InChI=1S/C20H30N2O4/c1-16-6-8-22(9-7-16)20(24)15-26-19-5-3-2-4-17(19)12-21-10-11-25-14-18(23)13-21/h2-5,16,18,23H,6-15H2,1H3/t18-/m0/s1. The molecule has 2 fully saturated rings. The van der Waals surface area contributed by atoms with Crippen LogP contribution >= 0.6 is 0 Å². The zero-order chi connectivity index (χ0) is 18.4. The molecule has 2 aliphatic rings. The van der Waals surface area contributed by atoms with Crippen LogP contribution in [0.5, 0.6) is 5.75 Å². The number of carbonyl (C=O) groups excluding carboxylic acids is 1. The molecule has 1 atom stereocenters. The van der Waals surface area contributed by atoms with Crippen LogP contribution in [0.1, 0.15) is 25.3 Å². The number of aliphatic hydroxyl groups is 1. The first-order valence-corrected chi connectivity index (χ1v) is 9.58. The molecule has 0 saturated carbocycles. The molecular formula is C20H30N2O4. The number of rotatable bonds is 5. The van der Waals surface area contributed by atoms with E-state index in [0.717, 1.165) is 43.8 Å². The van der Waals surface area contributed by atoms with Crippen molar-refractivity contribution in [3.05, 3.63) is 29.8 Å². The lowest BCUT2D eigenvalue weighted by Gasteiger charge is -2.30. The number of hydrogen-bond donors (Lipinski definition) is 1. The lowest BCUT2D eigenvalue weighted by atomic mass is 9.99. The average Bonchev–Trinajstić information content (AvgIpc) is 2.85. The molecule has 6 heteroatoms. The van der Waals surface area contributed by atoms with Crippen molar-refractivity contribution in [2.75, 3.05) is 46.0 Å². The Morgan fingerprint density at radius 2 is 2.04 bits per heavy atom. The van der Waals surface area contributed by atoms with E-state index < -0.39 is 6.10 Å². The van der Waals surface area contributed by atoms with Crippen molar-refractivity contribution < 1.29 is 19.4 Å². The molecule has 0 radical (unpaired) electrons. The molecule has 26 heavy (non-hydrogen) atoms. The van der Waals surface area contributed by atoms with Crippen molar-refractivity contribution in [3.63, 3.8) is 0 Å². The van der Waals surface area contributed by atoms with Crippen LogP contribution < -0.4 is 4.74 Å². The number of hydrogen-bond acceptors (Lipinski definition) is 5. The number of nitrogens with zero attached hydrogens (tertiary/aromatic N) is 2. The molecule has 0 unspecified atom stereocenters. The molecule has 0 aromatic heterocycles. The Morgan fingerprint density at radius 3 is 2.85 bits per heavy atom. The Labute approximate surface area is 155 Å². The van der Waals surface area contributed by atoms with Gasteiger partial charge in [-0.25, -0.2) is 0 Å². The van der Waals surface area contributed by atoms with E-state index in [2.05, 4.69) is 11.8 Å². The number of ether oxygens (including phenoxy) is 2. The SMILES string of the molecule is CC1CCN(C(=O)COc2ccccc2CN2CCOC[C@@H](O)C2)CC1. The Bertz CT molecular complexity index is 587. The number of benzene rings is 1.